The minimum atomic E-state index is -0.292. The summed E-state index contributed by atoms with van der Waals surface area (Å²) in [5.74, 6) is 0.134. The van der Waals surface area contributed by atoms with Crippen molar-refractivity contribution in [3.05, 3.63) is 78.0 Å². The van der Waals surface area contributed by atoms with E-state index in [1.807, 2.05) is 12.1 Å². The van der Waals surface area contributed by atoms with Gasteiger partial charge in [-0.3, -0.25) is 14.4 Å². The van der Waals surface area contributed by atoms with Crippen LogP contribution < -0.4 is 16.0 Å². The van der Waals surface area contributed by atoms with Gasteiger partial charge in [-0.25, -0.2) is 4.98 Å². The molecule has 0 atom stereocenters. The van der Waals surface area contributed by atoms with E-state index in [0.717, 1.165) is 5.69 Å². The summed E-state index contributed by atoms with van der Waals surface area (Å²) < 4.78 is 0. The maximum atomic E-state index is 12.4. The largest absolute Gasteiger partial charge is 0.340 e. The van der Waals surface area contributed by atoms with E-state index in [1.54, 1.807) is 48.5 Å². The van der Waals surface area contributed by atoms with Crippen LogP contribution in [0.4, 0.5) is 22.9 Å². The number of amides is 2. The highest BCUT2D eigenvalue weighted by Crippen LogP contribution is 2.18. The van der Waals surface area contributed by atoms with Crippen molar-refractivity contribution < 1.29 is 14.4 Å². The van der Waals surface area contributed by atoms with Crippen LogP contribution in [0.3, 0.4) is 0 Å². The lowest BCUT2D eigenvalue weighted by Crippen LogP contribution is -2.12. The Bertz CT molecular complexity index is 1030. The molecule has 0 radical (unpaired) electrons. The van der Waals surface area contributed by atoms with Crippen LogP contribution in [-0.2, 0) is 4.79 Å². The van der Waals surface area contributed by atoms with Gasteiger partial charge in [0.15, 0.2) is 5.78 Å². The molecule has 146 valence electrons. The van der Waals surface area contributed by atoms with Gasteiger partial charge in [-0.2, -0.15) is 0 Å². The molecule has 2 aromatic carbocycles. The summed E-state index contributed by atoms with van der Waals surface area (Å²) in [6.07, 6.45) is 1.48. The van der Waals surface area contributed by atoms with E-state index in [4.69, 9.17) is 0 Å². The lowest BCUT2D eigenvalue weighted by atomic mass is 10.1. The molecule has 3 N–H and O–H groups in total. The molecule has 7 nitrogen and oxygen atoms in total. The topological polar surface area (TPSA) is 100 Å². The van der Waals surface area contributed by atoms with Crippen LogP contribution >= 0.6 is 0 Å². The van der Waals surface area contributed by atoms with E-state index in [9.17, 15) is 14.4 Å². The minimum absolute atomic E-state index is 0.0279. The molecule has 0 aliphatic carbocycles. The van der Waals surface area contributed by atoms with Crippen LogP contribution in [0.15, 0.2) is 66.9 Å². The second-order valence-electron chi connectivity index (χ2n) is 6.40. The molecule has 0 aliphatic heterocycles. The summed E-state index contributed by atoms with van der Waals surface area (Å²) in [6.45, 7) is 2.95. The number of Topliss-reactive ketones (excluding diaryl/α,β-unsaturated/α-hetero) is 1. The summed E-state index contributed by atoms with van der Waals surface area (Å²) in [5, 5.41) is 8.60. The number of benzene rings is 2. The zero-order chi connectivity index (χ0) is 20.8. The van der Waals surface area contributed by atoms with Crippen molar-refractivity contribution in [2.75, 3.05) is 16.0 Å². The first-order chi connectivity index (χ1) is 13.9. The van der Waals surface area contributed by atoms with Crippen molar-refractivity contribution >= 4 is 40.5 Å². The van der Waals surface area contributed by atoms with Crippen molar-refractivity contribution in [3.8, 4) is 0 Å². The molecule has 3 aromatic rings. The monoisotopic (exact) mass is 388 g/mol. The zero-order valence-corrected chi connectivity index (χ0v) is 16.0. The number of pyridine rings is 1. The van der Waals surface area contributed by atoms with E-state index in [-0.39, 0.29) is 17.6 Å². The van der Waals surface area contributed by atoms with Gasteiger partial charge in [0.25, 0.3) is 5.91 Å². The quantitative estimate of drug-likeness (QED) is 0.549. The normalized spacial score (nSPS) is 10.1. The van der Waals surface area contributed by atoms with Gasteiger partial charge in [0.1, 0.15) is 5.82 Å². The summed E-state index contributed by atoms with van der Waals surface area (Å²) >= 11 is 0. The predicted octanol–water partition coefficient (Wildman–Crippen LogP) is 4.24. The van der Waals surface area contributed by atoms with Gasteiger partial charge < -0.3 is 16.0 Å². The van der Waals surface area contributed by atoms with Crippen LogP contribution in [0.25, 0.3) is 0 Å². The SMILES string of the molecule is CC(=O)Nc1ccc(Nc2ccc(C(=O)Nc3ccc(C(C)=O)cc3)cn2)cc1. The van der Waals surface area contributed by atoms with Crippen molar-refractivity contribution in [2.24, 2.45) is 0 Å². The van der Waals surface area contributed by atoms with E-state index in [0.29, 0.717) is 28.3 Å². The Hall–Kier alpha value is -4.00. The van der Waals surface area contributed by atoms with Crippen molar-refractivity contribution in [2.45, 2.75) is 13.8 Å². The molecular formula is C22H20N4O3. The van der Waals surface area contributed by atoms with E-state index < -0.39 is 0 Å². The lowest BCUT2D eigenvalue weighted by Gasteiger charge is -2.09. The van der Waals surface area contributed by atoms with Crippen LogP contribution in [0.2, 0.25) is 0 Å². The Labute approximate surface area is 168 Å². The second-order valence-corrected chi connectivity index (χ2v) is 6.40. The molecule has 0 fully saturated rings. The predicted molar refractivity (Wildman–Crippen MR) is 113 cm³/mol. The number of nitrogens with zero attached hydrogens (tertiary/aromatic N) is 1. The molecule has 0 bridgehead atoms. The van der Waals surface area contributed by atoms with E-state index in [1.165, 1.54) is 20.0 Å². The molecular weight excluding hydrogens is 368 g/mol. The van der Waals surface area contributed by atoms with Gasteiger partial charge in [0.05, 0.1) is 5.56 Å². The molecule has 3 rings (SSSR count). The first-order valence-corrected chi connectivity index (χ1v) is 8.94. The standard InChI is InChI=1S/C22H20N4O3/c1-14(27)16-3-6-20(7-4-16)26-22(29)17-5-12-21(23-13-17)25-19-10-8-18(9-11-19)24-15(2)28/h3-13H,1-2H3,(H,23,25)(H,24,28)(H,26,29). The minimum Gasteiger partial charge on any atom is -0.340 e. The van der Waals surface area contributed by atoms with Crippen LogP contribution in [0.1, 0.15) is 34.6 Å². The van der Waals surface area contributed by atoms with Crippen LogP contribution in [0, 0.1) is 0 Å². The molecule has 1 heterocycles. The van der Waals surface area contributed by atoms with Crippen LogP contribution in [-0.4, -0.2) is 22.6 Å². The van der Waals surface area contributed by atoms with Gasteiger partial charge in [0.2, 0.25) is 5.91 Å². The van der Waals surface area contributed by atoms with Gasteiger partial charge in [-0.05, 0) is 67.6 Å². The molecule has 2 amide bonds. The maximum absolute atomic E-state index is 12.4. The number of ketones is 1. The maximum Gasteiger partial charge on any atom is 0.257 e. The number of anilines is 4. The lowest BCUT2D eigenvalue weighted by molar-refractivity contribution is -0.114. The number of hydrogen-bond donors (Lipinski definition) is 3. The number of carbonyl (C=O) groups is 3. The Morgan fingerprint density at radius 1 is 0.690 bits per heavy atom. The first-order valence-electron chi connectivity index (χ1n) is 8.94. The fourth-order valence-electron chi connectivity index (χ4n) is 2.58. The summed E-state index contributed by atoms with van der Waals surface area (Å²) in [5.41, 5.74) is 3.10. The third kappa shape index (κ3) is 5.49. The molecule has 29 heavy (non-hydrogen) atoms. The van der Waals surface area contributed by atoms with Gasteiger partial charge in [-0.1, -0.05) is 0 Å². The first kappa shape index (κ1) is 19.8. The number of aromatic nitrogens is 1. The molecule has 7 heteroatoms. The highest BCUT2D eigenvalue weighted by atomic mass is 16.2. The fraction of sp³-hybridized carbons (Fsp3) is 0.0909. The van der Waals surface area contributed by atoms with Crippen molar-refractivity contribution in [1.29, 1.82) is 0 Å². The third-order valence-electron chi connectivity index (χ3n) is 4.05. The summed E-state index contributed by atoms with van der Waals surface area (Å²) in [7, 11) is 0. The van der Waals surface area contributed by atoms with Gasteiger partial charge >= 0.3 is 0 Å². The fourth-order valence-corrected chi connectivity index (χ4v) is 2.58. The van der Waals surface area contributed by atoms with Gasteiger partial charge in [-0.15, -0.1) is 0 Å². The molecule has 0 saturated heterocycles. The van der Waals surface area contributed by atoms with Crippen molar-refractivity contribution in [1.82, 2.24) is 4.98 Å². The Morgan fingerprint density at radius 2 is 1.24 bits per heavy atom. The smallest absolute Gasteiger partial charge is 0.257 e. The summed E-state index contributed by atoms with van der Waals surface area (Å²) in [6, 6.07) is 17.3. The van der Waals surface area contributed by atoms with E-state index >= 15 is 0 Å². The molecule has 0 spiro atoms. The number of rotatable bonds is 6. The molecule has 1 aromatic heterocycles. The Balaban J connectivity index is 1.61. The molecule has 0 unspecified atom stereocenters. The average molecular weight is 388 g/mol. The zero-order valence-electron chi connectivity index (χ0n) is 16.0. The Kier molecular flexibility index (Phi) is 5.99. The number of nitrogens with one attached hydrogen (secondary N) is 3. The Morgan fingerprint density at radius 3 is 1.79 bits per heavy atom. The number of hydrogen-bond acceptors (Lipinski definition) is 5. The second kappa shape index (κ2) is 8.79. The third-order valence-corrected chi connectivity index (χ3v) is 4.05. The average Bonchev–Trinajstić information content (AvgIpc) is 2.70. The molecule has 0 saturated carbocycles. The van der Waals surface area contributed by atoms with Gasteiger partial charge in [0, 0.05) is 35.7 Å². The van der Waals surface area contributed by atoms with Crippen molar-refractivity contribution in [3.63, 3.8) is 0 Å². The van der Waals surface area contributed by atoms with E-state index in [2.05, 4.69) is 20.9 Å². The van der Waals surface area contributed by atoms with Crippen LogP contribution in [0.5, 0.6) is 0 Å². The highest BCUT2D eigenvalue weighted by molar-refractivity contribution is 6.04. The number of carbonyl (C=O) groups excluding carboxylic acids is 3. The highest BCUT2D eigenvalue weighted by Gasteiger charge is 2.08. The molecule has 0 aliphatic rings. The summed E-state index contributed by atoms with van der Waals surface area (Å²) in [4.78, 5) is 39.0.